The van der Waals surface area contributed by atoms with Crippen molar-refractivity contribution >= 4 is 37.3 Å². The first-order valence-corrected chi connectivity index (χ1v) is 14.2. The first-order valence-electron chi connectivity index (χ1n) is 11.7. The number of hydrogen-bond acceptors (Lipinski definition) is 7. The molecule has 0 saturated carbocycles. The number of hydrogen-bond donors (Lipinski definition) is 1. The maximum absolute atomic E-state index is 12.8. The van der Waals surface area contributed by atoms with Crippen LogP contribution in [-0.4, -0.2) is 66.0 Å². The Bertz CT molecular complexity index is 1360. The van der Waals surface area contributed by atoms with Crippen molar-refractivity contribution < 1.29 is 13.2 Å². The largest absolute Gasteiger partial charge is 0.340 e. The minimum atomic E-state index is -3.47. The number of carbonyl (C=O) groups is 1. The van der Waals surface area contributed by atoms with Gasteiger partial charge in [0.05, 0.1) is 22.6 Å². The number of H-pyrrole nitrogens is 1. The second kappa shape index (κ2) is 9.59. The summed E-state index contributed by atoms with van der Waals surface area (Å²) in [5, 5.41) is 0.768. The Hall–Kier alpha value is -2.56. The Morgan fingerprint density at radius 3 is 2.56 bits per heavy atom. The second-order valence-electron chi connectivity index (χ2n) is 8.94. The third-order valence-corrected chi connectivity index (χ3v) is 9.58. The number of rotatable bonds is 6. The molecule has 2 aromatic heterocycles. The first-order chi connectivity index (χ1) is 16.4. The van der Waals surface area contributed by atoms with Crippen LogP contribution in [0.3, 0.4) is 0 Å². The fraction of sp³-hybridized carbons (Fsp3) is 0.458. The van der Waals surface area contributed by atoms with Crippen LogP contribution in [0.15, 0.2) is 40.0 Å². The van der Waals surface area contributed by atoms with Gasteiger partial charge in [-0.3, -0.25) is 14.5 Å². The Balaban J connectivity index is 1.17. The van der Waals surface area contributed by atoms with Gasteiger partial charge in [-0.15, -0.1) is 11.3 Å². The lowest BCUT2D eigenvalue weighted by Gasteiger charge is -2.34. The van der Waals surface area contributed by atoms with Gasteiger partial charge >= 0.3 is 0 Å². The summed E-state index contributed by atoms with van der Waals surface area (Å²) in [7, 11) is -3.47. The van der Waals surface area contributed by atoms with Gasteiger partial charge in [0.2, 0.25) is 5.91 Å². The summed E-state index contributed by atoms with van der Waals surface area (Å²) < 4.78 is 24.9. The summed E-state index contributed by atoms with van der Waals surface area (Å²) in [5.41, 5.74) is 1.14. The Morgan fingerprint density at radius 2 is 1.79 bits per heavy atom. The number of nitrogens with zero attached hydrogens (tertiary/aromatic N) is 3. The van der Waals surface area contributed by atoms with Crippen molar-refractivity contribution in [2.24, 2.45) is 0 Å². The molecule has 1 fully saturated rings. The van der Waals surface area contributed by atoms with Gasteiger partial charge in [0.25, 0.3) is 5.56 Å². The molecule has 1 N–H and O–H groups in total. The normalized spacial score (nSPS) is 17.1. The predicted octanol–water partition coefficient (Wildman–Crippen LogP) is 2.37. The van der Waals surface area contributed by atoms with Gasteiger partial charge in [-0.2, -0.15) is 0 Å². The van der Waals surface area contributed by atoms with E-state index in [4.69, 9.17) is 4.98 Å². The number of nitrogens with one attached hydrogen (secondary N) is 1. The fourth-order valence-corrected chi connectivity index (χ4v) is 7.31. The molecular formula is C24H28N4O4S2. The molecule has 5 rings (SSSR count). The molecule has 10 heteroatoms. The van der Waals surface area contributed by atoms with Crippen LogP contribution >= 0.6 is 11.3 Å². The summed E-state index contributed by atoms with van der Waals surface area (Å²) in [6.07, 6.45) is 4.27. The van der Waals surface area contributed by atoms with Crippen molar-refractivity contribution in [3.05, 3.63) is 57.0 Å². The quantitative estimate of drug-likeness (QED) is 0.557. The van der Waals surface area contributed by atoms with Gasteiger partial charge in [-0.25, -0.2) is 13.4 Å². The minimum Gasteiger partial charge on any atom is -0.340 e. The highest BCUT2D eigenvalue weighted by molar-refractivity contribution is 7.91. The van der Waals surface area contributed by atoms with Crippen molar-refractivity contribution in [3.8, 4) is 0 Å². The molecule has 1 saturated heterocycles. The van der Waals surface area contributed by atoms with Gasteiger partial charge in [-0.1, -0.05) is 18.2 Å². The van der Waals surface area contributed by atoms with Gasteiger partial charge in [-0.05, 0) is 43.4 Å². The summed E-state index contributed by atoms with van der Waals surface area (Å²) >= 11 is 1.65. The van der Waals surface area contributed by atoms with Crippen LogP contribution in [0.25, 0.3) is 10.2 Å². The molecule has 34 heavy (non-hydrogen) atoms. The average Bonchev–Trinajstić information content (AvgIpc) is 3.22. The highest BCUT2D eigenvalue weighted by Gasteiger charge is 2.25. The van der Waals surface area contributed by atoms with Crippen LogP contribution in [0.5, 0.6) is 0 Å². The van der Waals surface area contributed by atoms with E-state index < -0.39 is 9.84 Å². The molecule has 2 aliphatic rings. The van der Waals surface area contributed by atoms with Gasteiger partial charge < -0.3 is 9.88 Å². The highest BCUT2D eigenvalue weighted by atomic mass is 32.2. The topological polar surface area (TPSA) is 103 Å². The number of carbonyl (C=O) groups excluding carboxylic acids is 1. The maximum Gasteiger partial charge on any atom is 0.259 e. The number of aryl methyl sites for hydroxylation is 2. The van der Waals surface area contributed by atoms with E-state index in [1.165, 1.54) is 16.9 Å². The molecule has 0 radical (unpaired) electrons. The van der Waals surface area contributed by atoms with E-state index in [1.807, 2.05) is 0 Å². The number of fused-ring (bicyclic) bond motifs is 3. The lowest BCUT2D eigenvalue weighted by atomic mass is 9.97. The van der Waals surface area contributed by atoms with E-state index in [-0.39, 0.29) is 28.5 Å². The number of aromatic nitrogens is 2. The van der Waals surface area contributed by atoms with Crippen molar-refractivity contribution in [1.29, 1.82) is 0 Å². The van der Waals surface area contributed by atoms with E-state index in [0.29, 0.717) is 38.5 Å². The number of piperazine rings is 1. The Kier molecular flexibility index (Phi) is 6.54. The summed E-state index contributed by atoms with van der Waals surface area (Å²) in [6, 6.07) is 8.24. The maximum atomic E-state index is 12.8. The minimum absolute atomic E-state index is 0.0220. The van der Waals surface area contributed by atoms with Crippen molar-refractivity contribution in [1.82, 2.24) is 19.8 Å². The summed E-state index contributed by atoms with van der Waals surface area (Å²) in [6.45, 7) is 2.89. The molecule has 1 amide bonds. The Morgan fingerprint density at radius 1 is 1.06 bits per heavy atom. The molecule has 0 spiro atoms. The third kappa shape index (κ3) is 4.80. The third-order valence-electron chi connectivity index (χ3n) is 6.66. The fourth-order valence-electron chi connectivity index (χ4n) is 4.78. The summed E-state index contributed by atoms with van der Waals surface area (Å²) in [5.74, 6) is 0.326. The Labute approximate surface area is 202 Å². The van der Waals surface area contributed by atoms with Gasteiger partial charge in [0.1, 0.15) is 10.7 Å². The number of aromatic amines is 1. The van der Waals surface area contributed by atoms with Crippen LogP contribution in [0, 0.1) is 0 Å². The van der Waals surface area contributed by atoms with E-state index in [0.717, 1.165) is 29.5 Å². The number of sulfone groups is 1. The van der Waals surface area contributed by atoms with Gasteiger partial charge in [0.15, 0.2) is 9.84 Å². The monoisotopic (exact) mass is 500 g/mol. The van der Waals surface area contributed by atoms with E-state index in [2.05, 4.69) is 9.88 Å². The average molecular weight is 501 g/mol. The predicted molar refractivity (Wildman–Crippen MR) is 132 cm³/mol. The number of benzene rings is 1. The smallest absolute Gasteiger partial charge is 0.259 e. The van der Waals surface area contributed by atoms with Crippen molar-refractivity contribution in [2.45, 2.75) is 43.5 Å². The standard InChI is InChI=1S/C24H28N4O4S2/c29-21(10-15-34(31,32)17-6-2-1-3-7-17)28-13-11-27(12-14-28)16-20-25-23(30)22-18-8-4-5-9-19(18)33-24(22)26-20/h1-3,6-7H,4-5,8-16H2,(H,25,26,30). The van der Waals surface area contributed by atoms with Crippen LogP contribution in [0.4, 0.5) is 0 Å². The van der Waals surface area contributed by atoms with Crippen molar-refractivity contribution in [3.63, 3.8) is 0 Å². The lowest BCUT2D eigenvalue weighted by Crippen LogP contribution is -2.48. The van der Waals surface area contributed by atoms with Crippen LogP contribution < -0.4 is 5.56 Å². The lowest BCUT2D eigenvalue weighted by molar-refractivity contribution is -0.132. The molecule has 3 heterocycles. The zero-order valence-electron chi connectivity index (χ0n) is 19.0. The molecule has 8 nitrogen and oxygen atoms in total. The SMILES string of the molecule is O=C(CCS(=O)(=O)c1ccccc1)N1CCN(Cc2nc3sc4c(c3c(=O)[nH]2)CCCC4)CC1. The van der Waals surface area contributed by atoms with Gasteiger partial charge in [0, 0.05) is 37.5 Å². The molecule has 0 bridgehead atoms. The first kappa shape index (κ1) is 23.2. The molecular weight excluding hydrogens is 472 g/mol. The number of amides is 1. The van der Waals surface area contributed by atoms with E-state index in [1.54, 1.807) is 46.6 Å². The van der Waals surface area contributed by atoms with E-state index >= 15 is 0 Å². The van der Waals surface area contributed by atoms with Crippen LogP contribution in [-0.2, 0) is 34.0 Å². The van der Waals surface area contributed by atoms with Crippen LogP contribution in [0.1, 0.15) is 35.5 Å². The highest BCUT2D eigenvalue weighted by Crippen LogP contribution is 2.33. The van der Waals surface area contributed by atoms with Crippen LogP contribution in [0.2, 0.25) is 0 Å². The summed E-state index contributed by atoms with van der Waals surface area (Å²) in [4.78, 5) is 39.4. The van der Waals surface area contributed by atoms with Crippen molar-refractivity contribution in [2.75, 3.05) is 31.9 Å². The second-order valence-corrected chi connectivity index (χ2v) is 12.1. The zero-order chi connectivity index (χ0) is 23.7. The molecule has 1 aliphatic carbocycles. The molecule has 1 aromatic carbocycles. The van der Waals surface area contributed by atoms with E-state index in [9.17, 15) is 18.0 Å². The molecule has 180 valence electrons. The molecule has 1 aliphatic heterocycles. The molecule has 3 aromatic rings. The molecule has 0 unspecified atom stereocenters. The molecule has 0 atom stereocenters. The number of thiophene rings is 1. The zero-order valence-corrected chi connectivity index (χ0v) is 20.6.